The van der Waals surface area contributed by atoms with E-state index in [1.165, 1.54) is 0 Å². The first-order valence-corrected chi connectivity index (χ1v) is 7.97. The molecule has 0 saturated carbocycles. The number of benzene rings is 1. The van der Waals surface area contributed by atoms with Crippen molar-refractivity contribution in [3.63, 3.8) is 0 Å². The molecule has 1 N–H and O–H groups in total. The molecule has 1 aromatic carbocycles. The van der Waals surface area contributed by atoms with Gasteiger partial charge in [-0.1, -0.05) is 0 Å². The van der Waals surface area contributed by atoms with Crippen molar-refractivity contribution < 1.29 is 9.47 Å². The average Bonchev–Trinajstić information content (AvgIpc) is 2.54. The quantitative estimate of drug-likeness (QED) is 0.808. The summed E-state index contributed by atoms with van der Waals surface area (Å²) >= 11 is 0. The van der Waals surface area contributed by atoms with Gasteiger partial charge >= 0.3 is 0 Å². The van der Waals surface area contributed by atoms with Crippen LogP contribution in [-0.4, -0.2) is 50.8 Å². The zero-order valence-electron chi connectivity index (χ0n) is 14.7. The number of aromatic nitrogens is 1. The zero-order chi connectivity index (χ0) is 16.8. The maximum Gasteiger partial charge on any atom is 0.170 e. The third-order valence-electron chi connectivity index (χ3n) is 3.88. The summed E-state index contributed by atoms with van der Waals surface area (Å²) in [7, 11) is 7.51. The molecular weight excluding hydrogens is 290 g/mol. The van der Waals surface area contributed by atoms with Crippen LogP contribution >= 0.6 is 0 Å². The molecule has 5 heteroatoms. The third-order valence-corrected chi connectivity index (χ3v) is 3.88. The maximum absolute atomic E-state index is 5.50. The van der Waals surface area contributed by atoms with Gasteiger partial charge in [0.15, 0.2) is 11.5 Å². The van der Waals surface area contributed by atoms with Crippen molar-refractivity contribution in [2.45, 2.75) is 25.8 Å². The molecule has 0 bridgehead atoms. The number of ether oxygens (including phenoxy) is 2. The van der Waals surface area contributed by atoms with Gasteiger partial charge in [0, 0.05) is 23.7 Å². The lowest BCUT2D eigenvalue weighted by atomic mass is 10.1. The largest absolute Gasteiger partial charge is 0.493 e. The second-order valence-electron chi connectivity index (χ2n) is 6.05. The van der Waals surface area contributed by atoms with E-state index in [-0.39, 0.29) is 0 Å². The molecule has 1 atom stereocenters. The van der Waals surface area contributed by atoms with E-state index in [0.717, 1.165) is 47.5 Å². The van der Waals surface area contributed by atoms with Gasteiger partial charge in [0.25, 0.3) is 0 Å². The summed E-state index contributed by atoms with van der Waals surface area (Å²) in [6.07, 6.45) is 4.05. The summed E-state index contributed by atoms with van der Waals surface area (Å²) in [5.41, 5.74) is 1.89. The van der Waals surface area contributed by atoms with Crippen LogP contribution in [0.3, 0.4) is 0 Å². The van der Waals surface area contributed by atoms with Gasteiger partial charge in [-0.3, -0.25) is 4.98 Å². The topological polar surface area (TPSA) is 46.6 Å². The highest BCUT2D eigenvalue weighted by molar-refractivity contribution is 5.97. The van der Waals surface area contributed by atoms with Crippen LogP contribution in [0.2, 0.25) is 0 Å². The molecule has 1 heterocycles. The van der Waals surface area contributed by atoms with Crippen molar-refractivity contribution in [1.82, 2.24) is 9.88 Å². The lowest BCUT2D eigenvalue weighted by Gasteiger charge is -2.19. The smallest absolute Gasteiger partial charge is 0.170 e. The molecule has 5 nitrogen and oxygen atoms in total. The Morgan fingerprint density at radius 3 is 2.70 bits per heavy atom. The van der Waals surface area contributed by atoms with Crippen molar-refractivity contribution in [1.29, 1.82) is 0 Å². The number of fused-ring (bicyclic) bond motifs is 1. The highest BCUT2D eigenvalue weighted by Crippen LogP contribution is 2.39. The van der Waals surface area contributed by atoms with E-state index in [9.17, 15) is 0 Å². The minimum Gasteiger partial charge on any atom is -0.493 e. The molecule has 0 radical (unpaired) electrons. The Kier molecular flexibility index (Phi) is 6.04. The fourth-order valence-electron chi connectivity index (χ4n) is 2.72. The second kappa shape index (κ2) is 8.02. The average molecular weight is 317 g/mol. The van der Waals surface area contributed by atoms with Crippen LogP contribution in [0.1, 0.15) is 19.8 Å². The fourth-order valence-corrected chi connectivity index (χ4v) is 2.72. The summed E-state index contributed by atoms with van der Waals surface area (Å²) in [4.78, 5) is 6.73. The molecule has 0 fully saturated rings. The van der Waals surface area contributed by atoms with Crippen LogP contribution in [0.25, 0.3) is 10.9 Å². The highest BCUT2D eigenvalue weighted by Gasteiger charge is 2.15. The SMILES string of the molecule is COc1cc(N[C@H](C)CCCN(C)C)c2ncccc2c1OC. The normalized spacial score (nSPS) is 12.4. The molecule has 0 amide bonds. The number of methoxy groups -OCH3 is 2. The molecule has 0 saturated heterocycles. The van der Waals surface area contributed by atoms with Gasteiger partial charge in [0.05, 0.1) is 25.4 Å². The van der Waals surface area contributed by atoms with Gasteiger partial charge in [0.2, 0.25) is 0 Å². The van der Waals surface area contributed by atoms with E-state index < -0.39 is 0 Å². The number of nitrogens with one attached hydrogen (secondary N) is 1. The maximum atomic E-state index is 5.50. The minimum absolute atomic E-state index is 0.359. The van der Waals surface area contributed by atoms with Crippen LogP contribution in [0.5, 0.6) is 11.5 Å². The van der Waals surface area contributed by atoms with Gasteiger partial charge < -0.3 is 19.7 Å². The first-order chi connectivity index (χ1) is 11.1. The van der Waals surface area contributed by atoms with Crippen LogP contribution in [0.15, 0.2) is 24.4 Å². The lowest BCUT2D eigenvalue weighted by Crippen LogP contribution is -2.19. The predicted molar refractivity (Wildman–Crippen MR) is 95.7 cm³/mol. The number of rotatable bonds is 8. The standard InChI is InChI=1S/C18H27N3O2/c1-13(8-7-11-21(2)3)20-15-12-16(22-4)18(23-5)14-9-6-10-19-17(14)15/h6,9-10,12-13,20H,7-8,11H2,1-5H3/t13-/m1/s1. The predicted octanol–water partition coefficient (Wildman–Crippen LogP) is 3.39. The van der Waals surface area contributed by atoms with Crippen molar-refractivity contribution in [2.24, 2.45) is 0 Å². The van der Waals surface area contributed by atoms with Crippen LogP contribution in [-0.2, 0) is 0 Å². The summed E-state index contributed by atoms with van der Waals surface area (Å²) in [5, 5.41) is 4.52. The molecule has 2 aromatic rings. The molecule has 0 aliphatic heterocycles. The summed E-state index contributed by atoms with van der Waals surface area (Å²) < 4.78 is 11.0. The van der Waals surface area contributed by atoms with E-state index >= 15 is 0 Å². The molecule has 1 aromatic heterocycles. The first-order valence-electron chi connectivity index (χ1n) is 7.97. The van der Waals surface area contributed by atoms with Gasteiger partial charge in [0.1, 0.15) is 0 Å². The van der Waals surface area contributed by atoms with E-state index in [2.05, 4.69) is 36.2 Å². The lowest BCUT2D eigenvalue weighted by molar-refractivity contribution is 0.358. The zero-order valence-corrected chi connectivity index (χ0v) is 14.7. The molecule has 0 unspecified atom stereocenters. The Bertz CT molecular complexity index is 643. The van der Waals surface area contributed by atoms with Crippen LogP contribution in [0.4, 0.5) is 5.69 Å². The summed E-state index contributed by atoms with van der Waals surface area (Å²) in [6.45, 7) is 3.29. The number of anilines is 1. The Balaban J connectivity index is 2.26. The Morgan fingerprint density at radius 2 is 2.04 bits per heavy atom. The van der Waals surface area contributed by atoms with E-state index in [1.54, 1.807) is 20.4 Å². The Labute approximate surface area is 138 Å². The second-order valence-corrected chi connectivity index (χ2v) is 6.05. The van der Waals surface area contributed by atoms with Gasteiger partial charge in [-0.05, 0) is 52.5 Å². The number of nitrogens with zero attached hydrogens (tertiary/aromatic N) is 2. The first kappa shape index (κ1) is 17.3. The van der Waals surface area contributed by atoms with E-state index in [0.29, 0.717) is 6.04 Å². The highest BCUT2D eigenvalue weighted by atomic mass is 16.5. The minimum atomic E-state index is 0.359. The fraction of sp³-hybridized carbons (Fsp3) is 0.500. The van der Waals surface area contributed by atoms with Crippen molar-refractivity contribution in [3.8, 4) is 11.5 Å². The van der Waals surface area contributed by atoms with E-state index in [1.807, 2.05) is 18.2 Å². The Morgan fingerprint density at radius 1 is 1.26 bits per heavy atom. The Hall–Kier alpha value is -2.01. The molecule has 23 heavy (non-hydrogen) atoms. The third kappa shape index (κ3) is 4.26. The van der Waals surface area contributed by atoms with E-state index in [4.69, 9.17) is 9.47 Å². The van der Waals surface area contributed by atoms with Crippen molar-refractivity contribution in [2.75, 3.05) is 40.2 Å². The van der Waals surface area contributed by atoms with Crippen LogP contribution in [0, 0.1) is 0 Å². The number of hydrogen-bond donors (Lipinski definition) is 1. The van der Waals surface area contributed by atoms with Gasteiger partial charge in [-0.2, -0.15) is 0 Å². The molecular formula is C18H27N3O2. The molecule has 126 valence electrons. The van der Waals surface area contributed by atoms with Crippen molar-refractivity contribution >= 4 is 16.6 Å². The monoisotopic (exact) mass is 317 g/mol. The molecule has 0 aliphatic rings. The van der Waals surface area contributed by atoms with Gasteiger partial charge in [-0.15, -0.1) is 0 Å². The number of pyridine rings is 1. The summed E-state index contributed by atoms with van der Waals surface area (Å²) in [5.74, 6) is 1.44. The summed E-state index contributed by atoms with van der Waals surface area (Å²) in [6, 6.07) is 6.25. The van der Waals surface area contributed by atoms with Crippen molar-refractivity contribution in [3.05, 3.63) is 24.4 Å². The van der Waals surface area contributed by atoms with Gasteiger partial charge in [-0.25, -0.2) is 0 Å². The van der Waals surface area contributed by atoms with Crippen LogP contribution < -0.4 is 14.8 Å². The molecule has 0 aliphatic carbocycles. The molecule has 2 rings (SSSR count). The number of hydrogen-bond acceptors (Lipinski definition) is 5. The molecule has 0 spiro atoms.